The summed E-state index contributed by atoms with van der Waals surface area (Å²) in [4.78, 5) is 31.2. The van der Waals surface area contributed by atoms with E-state index in [0.717, 1.165) is 29.8 Å². The third-order valence-electron chi connectivity index (χ3n) is 4.62. The van der Waals surface area contributed by atoms with Crippen molar-refractivity contribution in [1.82, 2.24) is 25.5 Å². The van der Waals surface area contributed by atoms with Crippen molar-refractivity contribution in [3.8, 4) is 11.3 Å². The number of methoxy groups -OCH3 is 1. The maximum Gasteiger partial charge on any atom is 0.269 e. The summed E-state index contributed by atoms with van der Waals surface area (Å²) in [6.45, 7) is 0.266. The summed E-state index contributed by atoms with van der Waals surface area (Å²) in [7, 11) is 1.56. The van der Waals surface area contributed by atoms with Gasteiger partial charge < -0.3 is 15.0 Å². The van der Waals surface area contributed by atoms with Gasteiger partial charge in [-0.2, -0.15) is 16.4 Å². The highest BCUT2D eigenvalue weighted by atomic mass is 32.1. The third-order valence-corrected chi connectivity index (χ3v) is 5.31. The van der Waals surface area contributed by atoms with Crippen LogP contribution in [0.5, 0.6) is 0 Å². The van der Waals surface area contributed by atoms with Crippen molar-refractivity contribution in [2.24, 2.45) is 0 Å². The largest absolute Gasteiger partial charge is 0.377 e. The molecule has 0 aliphatic heterocycles. The first-order chi connectivity index (χ1) is 13.1. The Kier molecular flexibility index (Phi) is 4.87. The number of nitrogens with one attached hydrogen (secondary N) is 3. The molecule has 8 nitrogen and oxygen atoms in total. The molecule has 1 aliphatic rings. The van der Waals surface area contributed by atoms with Gasteiger partial charge in [0.25, 0.3) is 11.5 Å². The van der Waals surface area contributed by atoms with Crippen molar-refractivity contribution >= 4 is 17.2 Å². The van der Waals surface area contributed by atoms with Crippen LogP contribution in [0.4, 0.5) is 0 Å². The first kappa shape index (κ1) is 17.6. The van der Waals surface area contributed by atoms with Crippen molar-refractivity contribution < 1.29 is 9.53 Å². The van der Waals surface area contributed by atoms with Gasteiger partial charge in [-0.15, -0.1) is 0 Å². The number of thiophene rings is 1. The number of hydrogen-bond donors (Lipinski definition) is 3. The number of rotatable bonds is 6. The molecule has 0 radical (unpaired) electrons. The molecular formula is C18H19N5O3S. The second-order valence-electron chi connectivity index (χ2n) is 6.57. The lowest BCUT2D eigenvalue weighted by molar-refractivity contribution is 0.0903. The molecule has 0 bridgehead atoms. The molecule has 1 amide bonds. The maximum absolute atomic E-state index is 12.4. The minimum absolute atomic E-state index is 0.0577. The van der Waals surface area contributed by atoms with E-state index in [-0.39, 0.29) is 30.0 Å². The Hall–Kier alpha value is -2.78. The van der Waals surface area contributed by atoms with Gasteiger partial charge in [0.2, 0.25) is 0 Å². The number of carbonyl (C=O) groups is 1. The van der Waals surface area contributed by atoms with Crippen molar-refractivity contribution in [2.75, 3.05) is 7.11 Å². The summed E-state index contributed by atoms with van der Waals surface area (Å²) >= 11 is 1.59. The number of nitrogens with zero attached hydrogens (tertiary/aromatic N) is 2. The fourth-order valence-corrected chi connectivity index (χ4v) is 3.83. The van der Waals surface area contributed by atoms with Crippen molar-refractivity contribution in [1.29, 1.82) is 0 Å². The molecule has 9 heteroatoms. The number of ether oxygens (including phenoxy) is 1. The van der Waals surface area contributed by atoms with Crippen LogP contribution in [0.3, 0.4) is 0 Å². The van der Waals surface area contributed by atoms with Gasteiger partial charge in [-0.3, -0.25) is 14.7 Å². The van der Waals surface area contributed by atoms with Crippen molar-refractivity contribution in [3.63, 3.8) is 0 Å². The first-order valence-corrected chi connectivity index (χ1v) is 9.54. The number of aromatic amines is 2. The second kappa shape index (κ2) is 7.45. The molecule has 1 fully saturated rings. The molecule has 27 heavy (non-hydrogen) atoms. The van der Waals surface area contributed by atoms with Gasteiger partial charge in [-0.1, -0.05) is 0 Å². The molecule has 0 saturated heterocycles. The van der Waals surface area contributed by atoms with Gasteiger partial charge in [0.1, 0.15) is 18.1 Å². The molecule has 3 aromatic heterocycles. The van der Waals surface area contributed by atoms with Gasteiger partial charge in [0.05, 0.1) is 11.4 Å². The maximum atomic E-state index is 12.4. The Morgan fingerprint density at radius 2 is 2.26 bits per heavy atom. The molecule has 0 spiro atoms. The summed E-state index contributed by atoms with van der Waals surface area (Å²) in [6.07, 6.45) is 1.50. The van der Waals surface area contributed by atoms with Gasteiger partial charge in [-0.05, 0) is 30.4 Å². The van der Waals surface area contributed by atoms with Crippen LogP contribution in [0.15, 0.2) is 33.8 Å². The zero-order chi connectivity index (χ0) is 18.8. The number of aromatic nitrogens is 4. The number of carbonyl (C=O) groups excluding carboxylic acids is 1. The van der Waals surface area contributed by atoms with Crippen molar-refractivity contribution in [2.45, 2.75) is 31.4 Å². The lowest BCUT2D eigenvalue weighted by Crippen LogP contribution is -2.44. The van der Waals surface area contributed by atoms with E-state index >= 15 is 0 Å². The Balaban J connectivity index is 1.35. The van der Waals surface area contributed by atoms with E-state index in [1.165, 1.54) is 6.07 Å². The summed E-state index contributed by atoms with van der Waals surface area (Å²) in [5, 5.41) is 13.9. The SMILES string of the molecule is COCc1nc(C2CC(NC(=O)c3cc(-c4ccsc4)n[nH]3)C2)cc(=O)[nH]1. The molecule has 0 aromatic carbocycles. The Bertz CT molecular complexity index is 989. The Morgan fingerprint density at radius 1 is 1.41 bits per heavy atom. The normalized spacial score (nSPS) is 18.9. The smallest absolute Gasteiger partial charge is 0.269 e. The predicted molar refractivity (Wildman–Crippen MR) is 101 cm³/mol. The van der Waals surface area contributed by atoms with Gasteiger partial charge >= 0.3 is 0 Å². The molecule has 3 aromatic rings. The van der Waals surface area contributed by atoms with Crippen LogP contribution >= 0.6 is 11.3 Å². The molecule has 3 heterocycles. The average Bonchev–Trinajstić information content (AvgIpc) is 3.28. The summed E-state index contributed by atoms with van der Waals surface area (Å²) < 4.78 is 5.02. The second-order valence-corrected chi connectivity index (χ2v) is 7.35. The van der Waals surface area contributed by atoms with Crippen LogP contribution < -0.4 is 10.9 Å². The quantitative estimate of drug-likeness (QED) is 0.601. The van der Waals surface area contributed by atoms with Crippen LogP contribution in [0, 0.1) is 0 Å². The predicted octanol–water partition coefficient (Wildman–Crippen LogP) is 2.04. The Labute approximate surface area is 159 Å². The minimum atomic E-state index is -0.182. The van der Waals surface area contributed by atoms with E-state index in [9.17, 15) is 9.59 Å². The number of H-pyrrole nitrogens is 2. The highest BCUT2D eigenvalue weighted by Crippen LogP contribution is 2.35. The van der Waals surface area contributed by atoms with E-state index in [1.807, 2.05) is 16.8 Å². The van der Waals surface area contributed by atoms with E-state index in [1.54, 1.807) is 24.5 Å². The zero-order valence-corrected chi connectivity index (χ0v) is 15.5. The topological polar surface area (TPSA) is 113 Å². The van der Waals surface area contributed by atoms with Crippen molar-refractivity contribution in [3.05, 3.63) is 56.5 Å². The summed E-state index contributed by atoms with van der Waals surface area (Å²) in [5.74, 6) is 0.508. The van der Waals surface area contributed by atoms with E-state index < -0.39 is 0 Å². The Morgan fingerprint density at radius 3 is 3.00 bits per heavy atom. The summed E-state index contributed by atoms with van der Waals surface area (Å²) in [5.41, 5.74) is 2.75. The number of hydrogen-bond acceptors (Lipinski definition) is 6. The monoisotopic (exact) mass is 385 g/mol. The van der Waals surface area contributed by atoms with Crippen LogP contribution in [0.25, 0.3) is 11.3 Å². The van der Waals surface area contributed by atoms with Crippen LogP contribution in [-0.2, 0) is 11.3 Å². The fraction of sp³-hybridized carbons (Fsp3) is 0.333. The van der Waals surface area contributed by atoms with E-state index in [0.29, 0.717) is 11.5 Å². The number of amides is 1. The first-order valence-electron chi connectivity index (χ1n) is 8.60. The van der Waals surface area contributed by atoms with Crippen LogP contribution in [-0.4, -0.2) is 39.2 Å². The van der Waals surface area contributed by atoms with Crippen LogP contribution in [0.2, 0.25) is 0 Å². The molecule has 1 aliphatic carbocycles. The molecule has 140 valence electrons. The molecule has 0 unspecified atom stereocenters. The standard InChI is InChI=1S/C18H19N5O3S/c1-26-8-16-20-13(7-17(24)21-16)11-4-12(5-11)19-18(25)15-6-14(22-23-15)10-2-3-27-9-10/h2-3,6-7,9,11-12H,4-5,8H2,1H3,(H,19,25)(H,22,23)(H,20,21,24). The molecule has 1 saturated carbocycles. The fourth-order valence-electron chi connectivity index (χ4n) is 3.18. The zero-order valence-electron chi connectivity index (χ0n) is 14.7. The highest BCUT2D eigenvalue weighted by Gasteiger charge is 2.33. The lowest BCUT2D eigenvalue weighted by Gasteiger charge is -2.35. The highest BCUT2D eigenvalue weighted by molar-refractivity contribution is 7.08. The lowest BCUT2D eigenvalue weighted by atomic mass is 9.78. The van der Waals surface area contributed by atoms with Gasteiger partial charge in [0, 0.05) is 36.1 Å². The molecular weight excluding hydrogens is 366 g/mol. The van der Waals surface area contributed by atoms with E-state index in [2.05, 4.69) is 25.5 Å². The average molecular weight is 385 g/mol. The summed E-state index contributed by atoms with van der Waals surface area (Å²) in [6, 6.07) is 5.29. The molecule has 3 N–H and O–H groups in total. The van der Waals surface area contributed by atoms with Gasteiger partial charge in [0.15, 0.2) is 0 Å². The minimum Gasteiger partial charge on any atom is -0.377 e. The third kappa shape index (κ3) is 3.83. The molecule has 0 atom stereocenters. The van der Waals surface area contributed by atoms with Crippen LogP contribution in [0.1, 0.15) is 40.8 Å². The van der Waals surface area contributed by atoms with Gasteiger partial charge in [-0.25, -0.2) is 4.98 Å². The van der Waals surface area contributed by atoms with E-state index in [4.69, 9.17) is 4.74 Å². The molecule has 4 rings (SSSR count).